The Morgan fingerprint density at radius 3 is 2.74 bits per heavy atom. The van der Waals surface area contributed by atoms with E-state index in [2.05, 4.69) is 5.32 Å². The number of carbonyl (C=O) groups excluding carboxylic acids is 1. The Morgan fingerprint density at radius 2 is 2.05 bits per heavy atom. The first-order valence-corrected chi connectivity index (χ1v) is 6.74. The Morgan fingerprint density at radius 1 is 1.26 bits per heavy atom. The van der Waals surface area contributed by atoms with Crippen LogP contribution in [0.4, 0.5) is 5.69 Å². The minimum atomic E-state index is -0.807. The summed E-state index contributed by atoms with van der Waals surface area (Å²) in [6.07, 6.45) is 4.67. The molecule has 0 spiro atoms. The number of amides is 1. The number of carbonyl (C=O) groups is 2. The molecule has 0 aromatic heterocycles. The highest BCUT2D eigenvalue weighted by atomic mass is 16.4. The average molecular weight is 261 g/mol. The fraction of sp³-hybridized carbons (Fsp3) is 0.467. The van der Waals surface area contributed by atoms with E-state index >= 15 is 0 Å². The van der Waals surface area contributed by atoms with Crippen molar-refractivity contribution in [3.63, 3.8) is 0 Å². The number of aliphatic carboxylic acids is 1. The minimum Gasteiger partial charge on any atom is -0.481 e. The lowest BCUT2D eigenvalue weighted by molar-refractivity contribution is -0.137. The molecule has 19 heavy (non-hydrogen) atoms. The summed E-state index contributed by atoms with van der Waals surface area (Å²) in [5.74, 6) is -0.00573. The molecular formula is C15H19NO3. The van der Waals surface area contributed by atoms with Gasteiger partial charge in [-0.05, 0) is 36.5 Å². The number of carboxylic acid groups (broad SMARTS) is 1. The molecule has 1 fully saturated rings. The third-order valence-corrected chi connectivity index (χ3v) is 3.31. The number of hydrogen-bond acceptors (Lipinski definition) is 2. The van der Waals surface area contributed by atoms with Crippen molar-refractivity contribution in [3.8, 4) is 0 Å². The summed E-state index contributed by atoms with van der Waals surface area (Å²) >= 11 is 0. The summed E-state index contributed by atoms with van der Waals surface area (Å²) in [6.45, 7) is 0. The smallest absolute Gasteiger partial charge is 0.303 e. The number of nitrogens with one attached hydrogen (secondary N) is 1. The molecule has 4 nitrogen and oxygen atoms in total. The normalized spacial score (nSPS) is 14.1. The Bertz CT molecular complexity index is 466. The van der Waals surface area contributed by atoms with Crippen molar-refractivity contribution in [2.24, 2.45) is 5.92 Å². The van der Waals surface area contributed by atoms with Crippen molar-refractivity contribution in [2.45, 2.75) is 38.5 Å². The van der Waals surface area contributed by atoms with Crippen molar-refractivity contribution in [3.05, 3.63) is 29.8 Å². The summed E-state index contributed by atoms with van der Waals surface area (Å²) in [7, 11) is 0. The Balaban J connectivity index is 1.82. The highest BCUT2D eigenvalue weighted by Crippen LogP contribution is 2.33. The number of rotatable bonds is 7. The number of carboxylic acids is 1. The van der Waals surface area contributed by atoms with Crippen molar-refractivity contribution in [1.82, 2.24) is 0 Å². The number of hydrogen-bond donors (Lipinski definition) is 2. The van der Waals surface area contributed by atoms with Gasteiger partial charge in [0, 0.05) is 18.5 Å². The second kappa shape index (κ2) is 6.36. The third-order valence-electron chi connectivity index (χ3n) is 3.31. The molecule has 1 aliphatic carbocycles. The maximum atomic E-state index is 11.7. The van der Waals surface area contributed by atoms with Gasteiger partial charge >= 0.3 is 5.97 Å². The van der Waals surface area contributed by atoms with Crippen LogP contribution in [0.2, 0.25) is 0 Å². The van der Waals surface area contributed by atoms with Gasteiger partial charge in [-0.3, -0.25) is 9.59 Å². The molecule has 1 amide bonds. The zero-order chi connectivity index (χ0) is 13.7. The SMILES string of the molecule is O=C(O)CCc1cccc(NC(=O)CCC2CC2)c1. The van der Waals surface area contributed by atoms with Crippen LogP contribution >= 0.6 is 0 Å². The van der Waals surface area contributed by atoms with Gasteiger partial charge in [-0.15, -0.1) is 0 Å². The molecular weight excluding hydrogens is 242 g/mol. The Hall–Kier alpha value is -1.84. The average Bonchev–Trinajstić information content (AvgIpc) is 3.18. The van der Waals surface area contributed by atoms with Crippen LogP contribution in [0.5, 0.6) is 0 Å². The zero-order valence-corrected chi connectivity index (χ0v) is 10.9. The minimum absolute atomic E-state index is 0.0438. The van der Waals surface area contributed by atoms with E-state index in [0.717, 1.165) is 23.6 Å². The lowest BCUT2D eigenvalue weighted by atomic mass is 10.1. The van der Waals surface area contributed by atoms with E-state index in [9.17, 15) is 9.59 Å². The highest BCUT2D eigenvalue weighted by molar-refractivity contribution is 5.90. The van der Waals surface area contributed by atoms with Crippen molar-refractivity contribution in [2.75, 3.05) is 5.32 Å². The molecule has 0 saturated heterocycles. The van der Waals surface area contributed by atoms with E-state index in [4.69, 9.17) is 5.11 Å². The third kappa shape index (κ3) is 5.12. The van der Waals surface area contributed by atoms with Crippen molar-refractivity contribution in [1.29, 1.82) is 0 Å². The van der Waals surface area contributed by atoms with Crippen molar-refractivity contribution >= 4 is 17.6 Å². The first-order chi connectivity index (χ1) is 9.13. The second-order valence-electron chi connectivity index (χ2n) is 5.12. The van der Waals surface area contributed by atoms with Crippen LogP contribution in [0.1, 0.15) is 37.7 Å². The van der Waals surface area contributed by atoms with Crippen LogP contribution in [-0.2, 0) is 16.0 Å². The molecule has 0 aliphatic heterocycles. The molecule has 1 saturated carbocycles. The van der Waals surface area contributed by atoms with Gasteiger partial charge in [0.2, 0.25) is 5.91 Å². The van der Waals surface area contributed by atoms with Crippen molar-refractivity contribution < 1.29 is 14.7 Å². The molecule has 2 rings (SSSR count). The lowest BCUT2D eigenvalue weighted by Gasteiger charge is -2.07. The van der Waals surface area contributed by atoms with E-state index in [1.807, 2.05) is 24.3 Å². The summed E-state index contributed by atoms with van der Waals surface area (Å²) in [4.78, 5) is 22.2. The fourth-order valence-corrected chi connectivity index (χ4v) is 2.02. The zero-order valence-electron chi connectivity index (χ0n) is 10.9. The molecule has 0 atom stereocenters. The van der Waals surface area contributed by atoms with Gasteiger partial charge < -0.3 is 10.4 Å². The van der Waals surface area contributed by atoms with Gasteiger partial charge in [-0.25, -0.2) is 0 Å². The van der Waals surface area contributed by atoms with E-state index in [-0.39, 0.29) is 12.3 Å². The molecule has 0 bridgehead atoms. The topological polar surface area (TPSA) is 66.4 Å². The van der Waals surface area contributed by atoms with Crippen LogP contribution in [0.15, 0.2) is 24.3 Å². The van der Waals surface area contributed by atoms with Gasteiger partial charge in [0.25, 0.3) is 0 Å². The number of anilines is 1. The van der Waals surface area contributed by atoms with E-state index < -0.39 is 5.97 Å². The molecule has 0 heterocycles. The summed E-state index contributed by atoms with van der Waals surface area (Å²) in [5.41, 5.74) is 1.69. The van der Waals surface area contributed by atoms with Gasteiger partial charge in [0.1, 0.15) is 0 Å². The molecule has 0 radical (unpaired) electrons. The maximum absolute atomic E-state index is 11.7. The van der Waals surface area contributed by atoms with E-state index in [0.29, 0.717) is 12.8 Å². The number of benzene rings is 1. The number of aryl methyl sites for hydroxylation is 1. The second-order valence-corrected chi connectivity index (χ2v) is 5.12. The summed E-state index contributed by atoms with van der Waals surface area (Å²) in [6, 6.07) is 7.40. The highest BCUT2D eigenvalue weighted by Gasteiger charge is 2.21. The van der Waals surface area contributed by atoms with Crippen LogP contribution in [0.3, 0.4) is 0 Å². The monoisotopic (exact) mass is 261 g/mol. The molecule has 4 heteroatoms. The molecule has 1 aromatic carbocycles. The molecule has 1 aromatic rings. The molecule has 2 N–H and O–H groups in total. The lowest BCUT2D eigenvalue weighted by Crippen LogP contribution is -2.11. The quantitative estimate of drug-likeness (QED) is 0.793. The van der Waals surface area contributed by atoms with Gasteiger partial charge in [-0.1, -0.05) is 25.0 Å². The van der Waals surface area contributed by atoms with Crippen LogP contribution < -0.4 is 5.32 Å². The maximum Gasteiger partial charge on any atom is 0.303 e. The molecule has 0 unspecified atom stereocenters. The van der Waals surface area contributed by atoms with Gasteiger partial charge in [0.15, 0.2) is 0 Å². The Labute approximate surface area is 112 Å². The fourth-order valence-electron chi connectivity index (χ4n) is 2.02. The summed E-state index contributed by atoms with van der Waals surface area (Å²) in [5, 5.41) is 11.5. The van der Waals surface area contributed by atoms with Crippen LogP contribution in [0, 0.1) is 5.92 Å². The predicted octanol–water partition coefficient (Wildman–Crippen LogP) is 2.83. The molecule has 102 valence electrons. The summed E-state index contributed by atoms with van der Waals surface area (Å²) < 4.78 is 0. The predicted molar refractivity (Wildman–Crippen MR) is 73.0 cm³/mol. The Kier molecular flexibility index (Phi) is 4.55. The first-order valence-electron chi connectivity index (χ1n) is 6.74. The molecule has 1 aliphatic rings. The van der Waals surface area contributed by atoms with E-state index in [1.54, 1.807) is 0 Å². The van der Waals surface area contributed by atoms with Gasteiger partial charge in [-0.2, -0.15) is 0 Å². The largest absolute Gasteiger partial charge is 0.481 e. The van der Waals surface area contributed by atoms with E-state index in [1.165, 1.54) is 12.8 Å². The van der Waals surface area contributed by atoms with Gasteiger partial charge in [0.05, 0.1) is 0 Å². The standard InChI is InChI=1S/C15H19NO3/c17-14(8-6-11-4-5-11)16-13-3-1-2-12(10-13)7-9-15(18)19/h1-3,10-11H,4-9H2,(H,16,17)(H,18,19). The van der Waals surface area contributed by atoms with Crippen LogP contribution in [-0.4, -0.2) is 17.0 Å². The first kappa shape index (κ1) is 13.6. The van der Waals surface area contributed by atoms with Crippen LogP contribution in [0.25, 0.3) is 0 Å².